The van der Waals surface area contributed by atoms with Gasteiger partial charge in [0.2, 0.25) is 6.54 Å². The van der Waals surface area contributed by atoms with Crippen LogP contribution in [0.4, 0.5) is 5.69 Å². The maximum Gasteiger partial charge on any atom is 0.339 e. The molecule has 0 aliphatic heterocycles. The fraction of sp³-hybridized carbons (Fsp3) is 0.235. The normalized spacial score (nSPS) is 10.1. The van der Waals surface area contributed by atoms with Crippen LogP contribution in [-0.2, 0) is 22.5 Å². The number of ether oxygens (including phenoxy) is 1. The molecule has 2 rings (SSSR count). The van der Waals surface area contributed by atoms with Gasteiger partial charge in [0.1, 0.15) is 0 Å². The van der Waals surface area contributed by atoms with Crippen LogP contribution in [0.1, 0.15) is 22.8 Å². The van der Waals surface area contributed by atoms with Gasteiger partial charge in [0.15, 0.2) is 12.4 Å². The summed E-state index contributed by atoms with van der Waals surface area (Å²) in [5.41, 5.74) is 2.00. The van der Waals surface area contributed by atoms with Crippen LogP contribution in [0.15, 0.2) is 48.8 Å². The van der Waals surface area contributed by atoms with Crippen molar-refractivity contribution in [3.05, 3.63) is 59.9 Å². The molecule has 0 bridgehead atoms. The number of nitrogens with one attached hydrogen (secondary N) is 1. The van der Waals surface area contributed by atoms with Crippen molar-refractivity contribution < 1.29 is 18.9 Å². The van der Waals surface area contributed by atoms with E-state index in [2.05, 4.69) is 12.2 Å². The zero-order valence-corrected chi connectivity index (χ0v) is 12.7. The topological polar surface area (TPSA) is 59.3 Å². The lowest BCUT2D eigenvalue weighted by atomic mass is 10.2. The SMILES string of the molecule is CCc1cc[n+](CC(=O)Nc2ccccc2C(=O)OC)cc1. The van der Waals surface area contributed by atoms with Gasteiger partial charge in [0.25, 0.3) is 5.91 Å². The third-order valence-electron chi connectivity index (χ3n) is 3.30. The molecular formula is C17H19N2O3+. The number of anilines is 1. The summed E-state index contributed by atoms with van der Waals surface area (Å²) in [6, 6.07) is 10.7. The zero-order chi connectivity index (χ0) is 15.9. The maximum absolute atomic E-state index is 12.1. The van der Waals surface area contributed by atoms with Crippen LogP contribution in [0, 0.1) is 0 Å². The summed E-state index contributed by atoms with van der Waals surface area (Å²) in [6.07, 6.45) is 4.69. The van der Waals surface area contributed by atoms with Gasteiger partial charge in [-0.25, -0.2) is 4.79 Å². The molecule has 5 nitrogen and oxygen atoms in total. The second kappa shape index (κ2) is 7.36. The average Bonchev–Trinajstić information content (AvgIpc) is 2.55. The second-order valence-corrected chi connectivity index (χ2v) is 4.82. The summed E-state index contributed by atoms with van der Waals surface area (Å²) in [5.74, 6) is -0.679. The molecule has 22 heavy (non-hydrogen) atoms. The van der Waals surface area contributed by atoms with Gasteiger partial charge in [-0.05, 0) is 24.1 Å². The molecule has 1 heterocycles. The van der Waals surface area contributed by atoms with E-state index in [1.54, 1.807) is 28.8 Å². The van der Waals surface area contributed by atoms with Gasteiger partial charge in [-0.15, -0.1) is 0 Å². The molecule has 0 saturated heterocycles. The predicted octanol–water partition coefficient (Wildman–Crippen LogP) is 1.96. The Kier molecular flexibility index (Phi) is 5.25. The third-order valence-corrected chi connectivity index (χ3v) is 3.30. The number of pyridine rings is 1. The lowest BCUT2D eigenvalue weighted by Crippen LogP contribution is -2.39. The highest BCUT2D eigenvalue weighted by Gasteiger charge is 2.15. The van der Waals surface area contributed by atoms with Gasteiger partial charge < -0.3 is 10.1 Å². The van der Waals surface area contributed by atoms with E-state index in [4.69, 9.17) is 4.74 Å². The van der Waals surface area contributed by atoms with Crippen molar-refractivity contribution in [2.75, 3.05) is 12.4 Å². The molecule has 1 aromatic carbocycles. The van der Waals surface area contributed by atoms with E-state index in [0.717, 1.165) is 6.42 Å². The number of carbonyl (C=O) groups excluding carboxylic acids is 2. The minimum atomic E-state index is -0.476. The highest BCUT2D eigenvalue weighted by atomic mass is 16.5. The number of rotatable bonds is 5. The molecule has 1 N–H and O–H groups in total. The second-order valence-electron chi connectivity index (χ2n) is 4.82. The van der Waals surface area contributed by atoms with Crippen LogP contribution in [0.2, 0.25) is 0 Å². The Balaban J connectivity index is 2.07. The van der Waals surface area contributed by atoms with Gasteiger partial charge >= 0.3 is 5.97 Å². The third kappa shape index (κ3) is 3.91. The number of aryl methyl sites for hydroxylation is 1. The van der Waals surface area contributed by atoms with Gasteiger partial charge in [0, 0.05) is 12.1 Å². The van der Waals surface area contributed by atoms with Crippen LogP contribution < -0.4 is 9.88 Å². The zero-order valence-electron chi connectivity index (χ0n) is 12.7. The summed E-state index contributed by atoms with van der Waals surface area (Å²) in [5, 5.41) is 2.74. The first-order valence-electron chi connectivity index (χ1n) is 7.09. The van der Waals surface area contributed by atoms with Crippen molar-refractivity contribution in [1.29, 1.82) is 0 Å². The molecule has 114 valence electrons. The monoisotopic (exact) mass is 299 g/mol. The van der Waals surface area contributed by atoms with E-state index in [0.29, 0.717) is 11.3 Å². The summed E-state index contributed by atoms with van der Waals surface area (Å²) >= 11 is 0. The Hall–Kier alpha value is -2.69. The van der Waals surface area contributed by atoms with Crippen molar-refractivity contribution in [3.8, 4) is 0 Å². The van der Waals surface area contributed by atoms with E-state index in [-0.39, 0.29) is 12.5 Å². The van der Waals surface area contributed by atoms with E-state index in [1.165, 1.54) is 12.7 Å². The van der Waals surface area contributed by atoms with Crippen molar-refractivity contribution in [3.63, 3.8) is 0 Å². The van der Waals surface area contributed by atoms with Crippen molar-refractivity contribution in [2.45, 2.75) is 19.9 Å². The molecular weight excluding hydrogens is 280 g/mol. The minimum absolute atomic E-state index is 0.180. The molecule has 0 fully saturated rings. The summed E-state index contributed by atoms with van der Waals surface area (Å²) in [4.78, 5) is 23.8. The Morgan fingerprint density at radius 1 is 1.14 bits per heavy atom. The highest BCUT2D eigenvalue weighted by molar-refractivity contribution is 6.00. The van der Waals surface area contributed by atoms with E-state index in [1.807, 2.05) is 24.5 Å². The first kappa shape index (κ1) is 15.7. The lowest BCUT2D eigenvalue weighted by molar-refractivity contribution is -0.684. The molecule has 5 heteroatoms. The molecule has 0 spiro atoms. The fourth-order valence-electron chi connectivity index (χ4n) is 2.06. The first-order chi connectivity index (χ1) is 10.6. The Bertz CT molecular complexity index is 666. The molecule has 1 aromatic heterocycles. The molecule has 1 amide bonds. The number of esters is 1. The molecule has 0 unspecified atom stereocenters. The predicted molar refractivity (Wildman–Crippen MR) is 82.4 cm³/mol. The number of aromatic nitrogens is 1. The van der Waals surface area contributed by atoms with Gasteiger partial charge in [-0.1, -0.05) is 19.1 Å². The van der Waals surface area contributed by atoms with Crippen molar-refractivity contribution in [1.82, 2.24) is 0 Å². The molecule has 0 atom stereocenters. The van der Waals surface area contributed by atoms with E-state index in [9.17, 15) is 9.59 Å². The summed E-state index contributed by atoms with van der Waals surface area (Å²) < 4.78 is 6.49. The largest absolute Gasteiger partial charge is 0.465 e. The maximum atomic E-state index is 12.1. The van der Waals surface area contributed by atoms with Crippen molar-refractivity contribution >= 4 is 17.6 Å². The molecule has 0 saturated carbocycles. The molecule has 0 aliphatic rings. The molecule has 0 radical (unpaired) electrons. The Morgan fingerprint density at radius 3 is 2.45 bits per heavy atom. The quantitative estimate of drug-likeness (QED) is 0.678. The minimum Gasteiger partial charge on any atom is -0.465 e. The number of amides is 1. The molecule has 0 aliphatic carbocycles. The van der Waals surface area contributed by atoms with Crippen LogP contribution in [0.5, 0.6) is 0 Å². The molecule has 2 aromatic rings. The van der Waals surface area contributed by atoms with Crippen molar-refractivity contribution in [2.24, 2.45) is 0 Å². The smallest absolute Gasteiger partial charge is 0.339 e. The summed E-state index contributed by atoms with van der Waals surface area (Å²) in [7, 11) is 1.31. The van der Waals surface area contributed by atoms with Crippen LogP contribution in [0.25, 0.3) is 0 Å². The lowest BCUT2D eigenvalue weighted by Gasteiger charge is -2.08. The van der Waals surface area contributed by atoms with Crippen LogP contribution in [-0.4, -0.2) is 19.0 Å². The standard InChI is InChI=1S/C17H18N2O3/c1-3-13-8-10-19(11-9-13)12-16(20)18-15-7-5-4-6-14(15)17(21)22-2/h4-11H,3,12H2,1-2H3/p+1. The highest BCUT2D eigenvalue weighted by Crippen LogP contribution is 2.15. The van der Waals surface area contributed by atoms with Crippen LogP contribution in [0.3, 0.4) is 0 Å². The average molecular weight is 299 g/mol. The van der Waals surface area contributed by atoms with Gasteiger partial charge in [-0.3, -0.25) is 4.79 Å². The van der Waals surface area contributed by atoms with Gasteiger partial charge in [-0.2, -0.15) is 4.57 Å². The Morgan fingerprint density at radius 2 is 1.82 bits per heavy atom. The number of hydrogen-bond acceptors (Lipinski definition) is 3. The Labute approximate surface area is 129 Å². The number of methoxy groups -OCH3 is 1. The van der Waals surface area contributed by atoms with E-state index < -0.39 is 5.97 Å². The number of carbonyl (C=O) groups is 2. The van der Waals surface area contributed by atoms with Crippen LogP contribution >= 0.6 is 0 Å². The number of para-hydroxylation sites is 1. The fourth-order valence-corrected chi connectivity index (χ4v) is 2.06. The number of hydrogen-bond donors (Lipinski definition) is 1. The number of nitrogens with zero attached hydrogens (tertiary/aromatic N) is 1. The first-order valence-corrected chi connectivity index (χ1v) is 7.09. The number of benzene rings is 1. The van der Waals surface area contributed by atoms with Gasteiger partial charge in [0.05, 0.1) is 18.4 Å². The van der Waals surface area contributed by atoms with E-state index >= 15 is 0 Å². The summed E-state index contributed by atoms with van der Waals surface area (Å²) in [6.45, 7) is 2.26.